The summed E-state index contributed by atoms with van der Waals surface area (Å²) in [6.07, 6.45) is 0. The lowest BCUT2D eigenvalue weighted by Gasteiger charge is -1.97. The summed E-state index contributed by atoms with van der Waals surface area (Å²) < 4.78 is 44.8. The predicted molar refractivity (Wildman–Crippen MR) is 55.6 cm³/mol. The zero-order chi connectivity index (χ0) is 11.7. The van der Waals surface area contributed by atoms with E-state index in [1.165, 1.54) is 12.1 Å². The van der Waals surface area contributed by atoms with Gasteiger partial charge >= 0.3 is 0 Å². The Morgan fingerprint density at radius 3 is 2.20 bits per heavy atom. The van der Waals surface area contributed by atoms with E-state index in [0.717, 1.165) is 11.3 Å². The smallest absolute Gasteiger partial charge is 0.224 e. The Morgan fingerprint density at radius 2 is 1.80 bits per heavy atom. The van der Waals surface area contributed by atoms with Gasteiger partial charge in [-0.25, -0.2) is 18.7 Å². The van der Waals surface area contributed by atoms with Crippen LogP contribution >= 0.6 is 11.3 Å². The Morgan fingerprint density at radius 1 is 1.20 bits per heavy atom. The first-order chi connectivity index (χ1) is 6.68. The van der Waals surface area contributed by atoms with Crippen LogP contribution in [-0.4, -0.2) is 16.8 Å². The van der Waals surface area contributed by atoms with Gasteiger partial charge in [-0.15, -0.1) is 11.3 Å². The molecule has 0 aliphatic carbocycles. The number of hydrogen-bond donors (Lipinski definition) is 3. The minimum absolute atomic E-state index is 0.0197. The number of hydrogen-bond acceptors (Lipinski definition) is 5. The number of primary sulfonamides is 1. The van der Waals surface area contributed by atoms with E-state index < -0.39 is 20.2 Å². The highest BCUT2D eigenvalue weighted by atomic mass is 32.2. The molecule has 0 aliphatic heterocycles. The average Bonchev–Trinajstić information content (AvgIpc) is 2.45. The molecule has 0 saturated heterocycles. The van der Waals surface area contributed by atoms with Crippen LogP contribution in [0.15, 0.2) is 16.3 Å². The Bertz CT molecular complexity index is 544. The van der Waals surface area contributed by atoms with Gasteiger partial charge in [0.15, 0.2) is 0 Å². The second-order valence-corrected chi connectivity index (χ2v) is 6.97. The molecule has 0 aromatic carbocycles. The molecule has 15 heavy (non-hydrogen) atoms. The van der Waals surface area contributed by atoms with E-state index >= 15 is 0 Å². The molecule has 5 N–H and O–H groups in total. The summed E-state index contributed by atoms with van der Waals surface area (Å²) in [5.74, 6) is 0. The van der Waals surface area contributed by atoms with Crippen LogP contribution in [-0.2, 0) is 26.8 Å². The van der Waals surface area contributed by atoms with Crippen LogP contribution in [0.25, 0.3) is 0 Å². The van der Waals surface area contributed by atoms with Gasteiger partial charge in [-0.05, 0) is 12.1 Å². The summed E-state index contributed by atoms with van der Waals surface area (Å²) in [5, 5.41) is 9.57. The molecule has 1 heterocycles. The van der Waals surface area contributed by atoms with Crippen LogP contribution in [0, 0.1) is 0 Å². The summed E-state index contributed by atoms with van der Waals surface area (Å²) >= 11 is 0.885. The van der Waals surface area contributed by atoms with Crippen molar-refractivity contribution in [1.29, 1.82) is 0 Å². The van der Waals surface area contributed by atoms with Gasteiger partial charge in [0.25, 0.3) is 10.2 Å². The highest BCUT2D eigenvalue weighted by molar-refractivity contribution is 7.91. The Hall–Kier alpha value is -0.520. The second kappa shape index (κ2) is 4.15. The Balaban J connectivity index is 2.79. The van der Waals surface area contributed by atoms with Gasteiger partial charge in [0.1, 0.15) is 4.21 Å². The zero-order valence-electron chi connectivity index (χ0n) is 7.37. The Kier molecular flexibility index (Phi) is 3.48. The van der Waals surface area contributed by atoms with Crippen LogP contribution in [0.3, 0.4) is 0 Å². The van der Waals surface area contributed by atoms with Gasteiger partial charge in [-0.2, -0.15) is 13.1 Å². The highest BCUT2D eigenvalue weighted by Gasteiger charge is 2.11. The van der Waals surface area contributed by atoms with Crippen molar-refractivity contribution in [3.05, 3.63) is 17.0 Å². The molecule has 10 heteroatoms. The maximum absolute atomic E-state index is 10.9. The Labute approximate surface area is 91.3 Å². The number of nitrogens with one attached hydrogen (secondary N) is 1. The molecule has 0 amide bonds. The second-order valence-electron chi connectivity index (χ2n) is 2.63. The summed E-state index contributed by atoms with van der Waals surface area (Å²) in [4.78, 5) is 0.507. The standard InChI is InChI=1S/C5H9N3O4S3/c6-14(9,10)5-2-1-4(13-5)3-8-15(7,11)12/h1-2,8H,3H2,(H2,6,9,10)(H2,7,11,12). The van der Waals surface area contributed by atoms with Gasteiger partial charge in [0.2, 0.25) is 10.0 Å². The lowest BCUT2D eigenvalue weighted by Crippen LogP contribution is -2.29. The third-order valence-electron chi connectivity index (χ3n) is 1.36. The lowest BCUT2D eigenvalue weighted by atomic mass is 10.5. The monoisotopic (exact) mass is 271 g/mol. The third kappa shape index (κ3) is 4.24. The third-order valence-corrected chi connectivity index (χ3v) is 4.44. The average molecular weight is 271 g/mol. The van der Waals surface area contributed by atoms with Crippen LogP contribution in [0.2, 0.25) is 0 Å². The van der Waals surface area contributed by atoms with Crippen molar-refractivity contribution in [3.63, 3.8) is 0 Å². The van der Waals surface area contributed by atoms with E-state index in [0.29, 0.717) is 4.88 Å². The first kappa shape index (κ1) is 12.5. The van der Waals surface area contributed by atoms with E-state index in [2.05, 4.69) is 0 Å². The first-order valence-corrected chi connectivity index (χ1v) is 7.48. The molecule has 0 unspecified atom stereocenters. The fourth-order valence-corrected chi connectivity index (χ4v) is 2.94. The summed E-state index contributed by atoms with van der Waals surface area (Å²) in [6, 6.07) is 2.77. The van der Waals surface area contributed by atoms with Crippen LogP contribution in [0.1, 0.15) is 4.88 Å². The number of thiophene rings is 1. The molecule has 0 atom stereocenters. The normalized spacial score (nSPS) is 12.9. The quantitative estimate of drug-likeness (QED) is 0.627. The van der Waals surface area contributed by atoms with E-state index in [-0.39, 0.29) is 10.8 Å². The van der Waals surface area contributed by atoms with Crippen LogP contribution in [0.5, 0.6) is 0 Å². The van der Waals surface area contributed by atoms with E-state index in [4.69, 9.17) is 10.3 Å². The number of sulfonamides is 1. The van der Waals surface area contributed by atoms with Crippen molar-refractivity contribution in [2.75, 3.05) is 0 Å². The van der Waals surface area contributed by atoms with Gasteiger partial charge in [-0.1, -0.05) is 0 Å². The summed E-state index contributed by atoms with van der Waals surface area (Å²) in [5.41, 5.74) is 0. The van der Waals surface area contributed by atoms with Crippen molar-refractivity contribution >= 4 is 31.6 Å². The molecule has 0 bridgehead atoms. The van der Waals surface area contributed by atoms with Crippen molar-refractivity contribution < 1.29 is 16.8 Å². The van der Waals surface area contributed by atoms with Crippen LogP contribution in [0.4, 0.5) is 0 Å². The largest absolute Gasteiger partial charge is 0.274 e. The fraction of sp³-hybridized carbons (Fsp3) is 0.200. The SMILES string of the molecule is NS(=O)(=O)NCc1ccc(S(N)(=O)=O)s1. The minimum Gasteiger partial charge on any atom is -0.224 e. The molecule has 0 radical (unpaired) electrons. The first-order valence-electron chi connectivity index (χ1n) is 3.57. The summed E-state index contributed by atoms with van der Waals surface area (Å²) in [6.45, 7) is -0.0565. The molecule has 7 nitrogen and oxygen atoms in total. The molecule has 1 aromatic heterocycles. The fourth-order valence-electron chi connectivity index (χ4n) is 0.778. The van der Waals surface area contributed by atoms with Crippen molar-refractivity contribution in [3.8, 4) is 0 Å². The van der Waals surface area contributed by atoms with E-state index in [1.807, 2.05) is 4.72 Å². The van der Waals surface area contributed by atoms with E-state index in [1.54, 1.807) is 0 Å². The van der Waals surface area contributed by atoms with Crippen LogP contribution < -0.4 is 15.0 Å². The molecule has 0 saturated carbocycles. The van der Waals surface area contributed by atoms with Crippen molar-refractivity contribution in [2.45, 2.75) is 10.8 Å². The van der Waals surface area contributed by atoms with Gasteiger partial charge < -0.3 is 0 Å². The molecule has 0 spiro atoms. The molecule has 1 rings (SSSR count). The number of nitrogens with two attached hydrogens (primary N) is 2. The molecule has 0 aliphatic rings. The molecule has 86 valence electrons. The maximum atomic E-state index is 10.9. The summed E-state index contributed by atoms with van der Waals surface area (Å²) in [7, 11) is -7.50. The molecular formula is C5H9N3O4S3. The lowest BCUT2D eigenvalue weighted by molar-refractivity contribution is 0.583. The maximum Gasteiger partial charge on any atom is 0.274 e. The van der Waals surface area contributed by atoms with E-state index in [9.17, 15) is 16.8 Å². The highest BCUT2D eigenvalue weighted by Crippen LogP contribution is 2.19. The predicted octanol–water partition coefficient (Wildman–Crippen LogP) is -1.31. The topological polar surface area (TPSA) is 132 Å². The minimum atomic E-state index is -3.77. The molecular weight excluding hydrogens is 262 g/mol. The number of rotatable bonds is 4. The molecule has 1 aromatic rings. The van der Waals surface area contributed by atoms with Gasteiger partial charge in [-0.3, -0.25) is 0 Å². The molecule has 0 fully saturated rings. The van der Waals surface area contributed by atoms with Gasteiger partial charge in [0.05, 0.1) is 0 Å². The zero-order valence-corrected chi connectivity index (χ0v) is 9.82. The van der Waals surface area contributed by atoms with Crippen molar-refractivity contribution in [1.82, 2.24) is 4.72 Å². The van der Waals surface area contributed by atoms with Crippen molar-refractivity contribution in [2.24, 2.45) is 10.3 Å². The van der Waals surface area contributed by atoms with Gasteiger partial charge in [0, 0.05) is 11.4 Å².